The first-order chi connectivity index (χ1) is 8.74. The monoisotopic (exact) mass is 326 g/mol. The largest absolute Gasteiger partial charge is 0.438 e. The van der Waals surface area contributed by atoms with E-state index in [-0.39, 0.29) is 0 Å². The van der Waals surface area contributed by atoms with Crippen molar-refractivity contribution in [3.8, 4) is 11.6 Å². The van der Waals surface area contributed by atoms with Crippen LogP contribution in [-0.4, -0.2) is 16.2 Å². The molecule has 0 fully saturated rings. The van der Waals surface area contributed by atoms with Gasteiger partial charge in [-0.05, 0) is 46.5 Å². The lowest BCUT2D eigenvalue weighted by Crippen LogP contribution is -2.09. The fourth-order valence-electron chi connectivity index (χ4n) is 1.28. The Morgan fingerprint density at radius 1 is 1.28 bits per heavy atom. The van der Waals surface area contributed by atoms with Crippen LogP contribution in [0.4, 0.5) is 5.82 Å². The number of benzene rings is 1. The number of halogens is 1. The third kappa shape index (κ3) is 2.92. The second-order valence-corrected chi connectivity index (χ2v) is 4.94. The number of hydrogen-bond donors (Lipinski definition) is 2. The number of nitrogens with one attached hydrogen (secondary N) is 1. The van der Waals surface area contributed by atoms with Gasteiger partial charge in [-0.25, -0.2) is 15.8 Å². The Hall–Kier alpha value is -1.31. The van der Waals surface area contributed by atoms with Crippen LogP contribution in [0, 0.1) is 0 Å². The molecule has 18 heavy (non-hydrogen) atoms. The van der Waals surface area contributed by atoms with Crippen LogP contribution in [-0.2, 0) is 0 Å². The maximum absolute atomic E-state index is 5.65. The summed E-state index contributed by atoms with van der Waals surface area (Å²) >= 11 is 5.01. The summed E-state index contributed by atoms with van der Waals surface area (Å²) in [7, 11) is 0. The molecule has 5 nitrogen and oxygen atoms in total. The van der Waals surface area contributed by atoms with Gasteiger partial charge >= 0.3 is 0 Å². The van der Waals surface area contributed by atoms with Crippen LogP contribution >= 0.6 is 27.7 Å². The molecule has 0 saturated heterocycles. The first-order valence-electron chi connectivity index (χ1n) is 5.03. The normalized spacial score (nSPS) is 10.2. The molecule has 2 rings (SSSR count). The summed E-state index contributed by atoms with van der Waals surface area (Å²) in [5.41, 5.74) is 2.46. The van der Waals surface area contributed by atoms with Crippen LogP contribution in [0.15, 0.2) is 40.0 Å². The first kappa shape index (κ1) is 13.1. The fraction of sp³-hybridized carbons (Fsp3) is 0.0909. The van der Waals surface area contributed by atoms with E-state index in [0.717, 1.165) is 0 Å². The van der Waals surface area contributed by atoms with E-state index in [0.29, 0.717) is 21.9 Å². The molecule has 0 aliphatic heterocycles. The van der Waals surface area contributed by atoms with Crippen LogP contribution in [0.3, 0.4) is 0 Å². The molecule has 1 aromatic carbocycles. The lowest BCUT2D eigenvalue weighted by atomic mass is 10.3. The summed E-state index contributed by atoms with van der Waals surface area (Å²) in [6, 6.07) is 7.74. The molecule has 0 aliphatic carbocycles. The van der Waals surface area contributed by atoms with Gasteiger partial charge in [0.25, 0.3) is 0 Å². The molecule has 0 saturated carbocycles. The molecule has 0 spiro atoms. The Morgan fingerprint density at radius 3 is 2.61 bits per heavy atom. The molecule has 3 N–H and O–H groups in total. The van der Waals surface area contributed by atoms with Gasteiger partial charge in [-0.3, -0.25) is 0 Å². The number of nitrogen functional groups attached to an aromatic ring is 1. The van der Waals surface area contributed by atoms with Gasteiger partial charge in [-0.2, -0.15) is 0 Å². The smallest absolute Gasteiger partial charge is 0.238 e. The summed E-state index contributed by atoms with van der Waals surface area (Å²) in [4.78, 5) is 9.17. The molecule has 7 heteroatoms. The number of hydrogen-bond acceptors (Lipinski definition) is 6. The Bertz CT molecular complexity index is 535. The van der Waals surface area contributed by atoms with E-state index in [1.807, 2.05) is 30.5 Å². The molecule has 0 atom stereocenters. The summed E-state index contributed by atoms with van der Waals surface area (Å²) in [6.07, 6.45) is 3.40. The SMILES string of the molecule is CSc1ccc(Oc2ncnc(NN)c2Br)cc1. The van der Waals surface area contributed by atoms with E-state index in [1.165, 1.54) is 11.2 Å². The zero-order valence-electron chi connectivity index (χ0n) is 9.55. The van der Waals surface area contributed by atoms with Crippen molar-refractivity contribution < 1.29 is 4.74 Å². The Morgan fingerprint density at radius 2 is 2.00 bits per heavy atom. The van der Waals surface area contributed by atoms with Crippen molar-refractivity contribution in [3.05, 3.63) is 35.1 Å². The van der Waals surface area contributed by atoms with E-state index in [9.17, 15) is 0 Å². The summed E-state index contributed by atoms with van der Waals surface area (Å²) in [6.45, 7) is 0. The highest BCUT2D eigenvalue weighted by molar-refractivity contribution is 9.10. The van der Waals surface area contributed by atoms with Gasteiger partial charge in [0.2, 0.25) is 5.88 Å². The average molecular weight is 327 g/mol. The number of thioether (sulfide) groups is 1. The predicted octanol–water partition coefficient (Wildman–Crippen LogP) is 3.04. The molecule has 1 heterocycles. The van der Waals surface area contributed by atoms with E-state index in [1.54, 1.807) is 11.8 Å². The number of rotatable bonds is 4. The maximum atomic E-state index is 5.65. The van der Waals surface area contributed by atoms with Gasteiger partial charge < -0.3 is 10.2 Å². The number of nitrogens with two attached hydrogens (primary N) is 1. The van der Waals surface area contributed by atoms with Crippen molar-refractivity contribution in [2.75, 3.05) is 11.7 Å². The van der Waals surface area contributed by atoms with Gasteiger partial charge in [-0.15, -0.1) is 11.8 Å². The summed E-state index contributed by atoms with van der Waals surface area (Å²) < 4.78 is 6.23. The van der Waals surface area contributed by atoms with Crippen molar-refractivity contribution in [3.63, 3.8) is 0 Å². The molecular weight excluding hydrogens is 316 g/mol. The highest BCUT2D eigenvalue weighted by atomic mass is 79.9. The third-order valence-electron chi connectivity index (χ3n) is 2.17. The molecule has 0 aliphatic rings. The van der Waals surface area contributed by atoms with Gasteiger partial charge in [0.05, 0.1) is 0 Å². The zero-order chi connectivity index (χ0) is 13.0. The fourth-order valence-corrected chi connectivity index (χ4v) is 2.09. The van der Waals surface area contributed by atoms with E-state index < -0.39 is 0 Å². The third-order valence-corrected chi connectivity index (χ3v) is 3.63. The Kier molecular flexibility index (Phi) is 4.40. The van der Waals surface area contributed by atoms with E-state index in [4.69, 9.17) is 10.6 Å². The van der Waals surface area contributed by atoms with Crippen molar-refractivity contribution >= 4 is 33.5 Å². The minimum atomic E-state index is 0.412. The molecule has 1 aromatic heterocycles. The minimum Gasteiger partial charge on any atom is -0.438 e. The van der Waals surface area contributed by atoms with Gasteiger partial charge in [0, 0.05) is 4.90 Å². The number of ether oxygens (including phenoxy) is 1. The lowest BCUT2D eigenvalue weighted by Gasteiger charge is -2.08. The molecule has 0 radical (unpaired) electrons. The van der Waals surface area contributed by atoms with Crippen LogP contribution in [0.1, 0.15) is 0 Å². The summed E-state index contributed by atoms with van der Waals surface area (Å²) in [5, 5.41) is 0. The maximum Gasteiger partial charge on any atom is 0.238 e. The Labute approximate surface area is 117 Å². The average Bonchev–Trinajstić information content (AvgIpc) is 2.42. The molecule has 2 aromatic rings. The van der Waals surface area contributed by atoms with Crippen LogP contribution < -0.4 is 16.0 Å². The van der Waals surface area contributed by atoms with Crippen LogP contribution in [0.25, 0.3) is 0 Å². The molecular formula is C11H11BrN4OS. The van der Waals surface area contributed by atoms with Crippen molar-refractivity contribution in [1.82, 2.24) is 9.97 Å². The van der Waals surface area contributed by atoms with Gasteiger partial charge in [-0.1, -0.05) is 0 Å². The van der Waals surface area contributed by atoms with Gasteiger partial charge in [0.1, 0.15) is 16.5 Å². The Balaban J connectivity index is 2.22. The topological polar surface area (TPSA) is 73.1 Å². The quantitative estimate of drug-likeness (QED) is 0.511. The number of hydrazine groups is 1. The molecule has 0 bridgehead atoms. The standard InChI is InChI=1S/C11H11BrN4OS/c1-18-8-4-2-7(3-5-8)17-11-9(12)10(16-13)14-6-15-11/h2-6H,13H2,1H3,(H,14,15,16). The number of nitrogens with zero attached hydrogens (tertiary/aromatic N) is 2. The number of anilines is 1. The molecule has 94 valence electrons. The lowest BCUT2D eigenvalue weighted by molar-refractivity contribution is 0.458. The summed E-state index contributed by atoms with van der Waals surface area (Å²) in [5.74, 6) is 6.91. The number of aromatic nitrogens is 2. The van der Waals surface area contributed by atoms with E-state index >= 15 is 0 Å². The zero-order valence-corrected chi connectivity index (χ0v) is 12.0. The van der Waals surface area contributed by atoms with E-state index in [2.05, 4.69) is 31.3 Å². The highest BCUT2D eigenvalue weighted by Crippen LogP contribution is 2.31. The molecule has 0 amide bonds. The highest BCUT2D eigenvalue weighted by Gasteiger charge is 2.09. The van der Waals surface area contributed by atoms with Crippen molar-refractivity contribution in [1.29, 1.82) is 0 Å². The predicted molar refractivity (Wildman–Crippen MR) is 75.8 cm³/mol. The van der Waals surface area contributed by atoms with Crippen molar-refractivity contribution in [2.24, 2.45) is 5.84 Å². The van der Waals surface area contributed by atoms with Crippen LogP contribution in [0.2, 0.25) is 0 Å². The van der Waals surface area contributed by atoms with Crippen LogP contribution in [0.5, 0.6) is 11.6 Å². The molecule has 0 unspecified atom stereocenters. The first-order valence-corrected chi connectivity index (χ1v) is 7.05. The van der Waals surface area contributed by atoms with Gasteiger partial charge in [0.15, 0.2) is 5.82 Å². The minimum absolute atomic E-state index is 0.412. The second kappa shape index (κ2) is 6.03. The van der Waals surface area contributed by atoms with Crippen molar-refractivity contribution in [2.45, 2.75) is 4.90 Å². The second-order valence-electron chi connectivity index (χ2n) is 3.26.